The lowest BCUT2D eigenvalue weighted by Crippen LogP contribution is -2.51. The highest BCUT2D eigenvalue weighted by atomic mass is 16.2. The molecule has 4 nitrogen and oxygen atoms in total. The fourth-order valence-corrected chi connectivity index (χ4v) is 8.23. The number of aliphatic hydroxyl groups is 1. The van der Waals surface area contributed by atoms with Crippen molar-refractivity contribution in [1.82, 2.24) is 0 Å². The molecule has 4 heteroatoms. The number of nitrogen functional groups attached to an aromatic ring is 1. The Morgan fingerprint density at radius 2 is 1.97 bits per heavy atom. The van der Waals surface area contributed by atoms with E-state index in [0.29, 0.717) is 30.6 Å². The van der Waals surface area contributed by atoms with Gasteiger partial charge in [0.2, 0.25) is 0 Å². The molecule has 0 heterocycles. The molecule has 0 aromatic heterocycles. The van der Waals surface area contributed by atoms with Crippen LogP contribution in [0.2, 0.25) is 0 Å². The minimum atomic E-state index is -0.723. The van der Waals surface area contributed by atoms with Crippen molar-refractivity contribution in [3.8, 4) is 11.8 Å². The van der Waals surface area contributed by atoms with Crippen LogP contribution in [0.4, 0.5) is 5.69 Å². The molecule has 0 amide bonds. The van der Waals surface area contributed by atoms with Gasteiger partial charge in [-0.25, -0.2) is 0 Å². The van der Waals surface area contributed by atoms with Gasteiger partial charge in [-0.05, 0) is 90.2 Å². The van der Waals surface area contributed by atoms with Crippen LogP contribution in [0, 0.1) is 40.4 Å². The zero-order chi connectivity index (χ0) is 25.0. The second kappa shape index (κ2) is 8.79. The molecule has 1 aromatic carbocycles. The van der Waals surface area contributed by atoms with E-state index >= 15 is 0 Å². The van der Waals surface area contributed by atoms with Gasteiger partial charge in [0.15, 0.2) is 11.6 Å². The molecular formula is C31H37NO3. The predicted molar refractivity (Wildman–Crippen MR) is 138 cm³/mol. The summed E-state index contributed by atoms with van der Waals surface area (Å²) in [5.41, 5.74) is 11.2. The van der Waals surface area contributed by atoms with Crippen molar-refractivity contribution in [3.05, 3.63) is 52.6 Å². The van der Waals surface area contributed by atoms with Crippen molar-refractivity contribution in [3.63, 3.8) is 0 Å². The van der Waals surface area contributed by atoms with Crippen LogP contribution in [0.15, 0.2) is 47.1 Å². The van der Waals surface area contributed by atoms with Crippen molar-refractivity contribution in [1.29, 1.82) is 0 Å². The summed E-state index contributed by atoms with van der Waals surface area (Å²) in [6, 6.07) is 8.23. The molecule has 35 heavy (non-hydrogen) atoms. The minimum absolute atomic E-state index is 0.166. The minimum Gasteiger partial charge on any atom is -0.399 e. The Balaban J connectivity index is 1.73. The number of nitrogens with two attached hydrogens (primary N) is 1. The van der Waals surface area contributed by atoms with Gasteiger partial charge in [0.25, 0.3) is 0 Å². The highest BCUT2D eigenvalue weighted by Crippen LogP contribution is 2.70. The largest absolute Gasteiger partial charge is 0.399 e. The van der Waals surface area contributed by atoms with Crippen LogP contribution in [0.25, 0.3) is 0 Å². The van der Waals surface area contributed by atoms with Crippen molar-refractivity contribution < 1.29 is 14.7 Å². The lowest BCUT2D eigenvalue weighted by molar-refractivity contribution is -0.132. The molecule has 5 rings (SSSR count). The molecule has 0 bridgehead atoms. The zero-order valence-corrected chi connectivity index (χ0v) is 21.2. The maximum absolute atomic E-state index is 13.6. The van der Waals surface area contributed by atoms with Crippen molar-refractivity contribution >= 4 is 17.3 Å². The molecule has 4 aliphatic rings. The van der Waals surface area contributed by atoms with Crippen LogP contribution in [-0.4, -0.2) is 23.3 Å². The van der Waals surface area contributed by atoms with Gasteiger partial charge in [-0.3, -0.25) is 9.59 Å². The van der Waals surface area contributed by atoms with Crippen molar-refractivity contribution in [2.45, 2.75) is 71.6 Å². The standard InChI is InChI=1S/C31H37NO3/c1-4-28(35)31(13-5-15-33)14-12-27-25-16-19(2)24-17-22(34)10-11-23(24)29(25)26(18-30(27,31)3)20-6-8-21(32)9-7-20/h6-9,17,19,25-27,33H,4,10-12,14-16,18,32H2,1-3H3/t19?,25-,26+,27-,30-,31+/m0/s1. The monoisotopic (exact) mass is 471 g/mol. The van der Waals surface area contributed by atoms with E-state index in [-0.39, 0.29) is 29.5 Å². The quantitative estimate of drug-likeness (QED) is 0.458. The number of aliphatic hydroxyl groups excluding tert-OH is 1. The van der Waals surface area contributed by atoms with Gasteiger partial charge < -0.3 is 10.8 Å². The number of allylic oxidation sites excluding steroid dienone is 4. The molecule has 1 unspecified atom stereocenters. The smallest absolute Gasteiger partial charge is 0.156 e. The summed E-state index contributed by atoms with van der Waals surface area (Å²) in [6.07, 6.45) is 7.36. The van der Waals surface area contributed by atoms with Gasteiger partial charge in [-0.15, -0.1) is 0 Å². The summed E-state index contributed by atoms with van der Waals surface area (Å²) in [7, 11) is 0. The predicted octanol–water partition coefficient (Wildman–Crippen LogP) is 5.38. The molecule has 0 radical (unpaired) electrons. The summed E-state index contributed by atoms with van der Waals surface area (Å²) < 4.78 is 0. The van der Waals surface area contributed by atoms with Crippen LogP contribution < -0.4 is 5.73 Å². The van der Waals surface area contributed by atoms with E-state index in [4.69, 9.17) is 5.73 Å². The Morgan fingerprint density at radius 3 is 2.66 bits per heavy atom. The summed E-state index contributed by atoms with van der Waals surface area (Å²) in [5.74, 6) is 7.93. The van der Waals surface area contributed by atoms with E-state index < -0.39 is 5.41 Å². The average Bonchev–Trinajstić information content (AvgIpc) is 3.15. The number of carbonyl (C=O) groups excluding carboxylic acids is 2. The lowest BCUT2D eigenvalue weighted by atomic mass is 9.47. The van der Waals surface area contributed by atoms with Gasteiger partial charge in [0.05, 0.1) is 5.41 Å². The Hall–Kier alpha value is -2.64. The number of hydrogen-bond donors (Lipinski definition) is 2. The first kappa shape index (κ1) is 24.1. The third-order valence-corrected chi connectivity index (χ3v) is 9.80. The van der Waals surface area contributed by atoms with E-state index in [1.165, 1.54) is 22.3 Å². The number of Topliss-reactive ketones (excluding diaryl/α,β-unsaturated/α-hetero) is 1. The number of carbonyl (C=O) groups is 2. The lowest BCUT2D eigenvalue weighted by Gasteiger charge is -2.55. The van der Waals surface area contributed by atoms with Gasteiger partial charge in [-0.2, -0.15) is 0 Å². The first-order chi connectivity index (χ1) is 16.8. The third-order valence-electron chi connectivity index (χ3n) is 9.80. The molecule has 0 aliphatic heterocycles. The number of benzene rings is 1. The number of hydrogen-bond acceptors (Lipinski definition) is 4. The topological polar surface area (TPSA) is 80.4 Å². The first-order valence-electron chi connectivity index (χ1n) is 13.2. The molecule has 6 atom stereocenters. The van der Waals surface area contributed by atoms with Gasteiger partial charge >= 0.3 is 0 Å². The van der Waals surface area contributed by atoms with Crippen LogP contribution in [0.1, 0.15) is 77.2 Å². The summed E-state index contributed by atoms with van der Waals surface area (Å²) in [6.45, 7) is 6.28. The zero-order valence-electron chi connectivity index (χ0n) is 21.2. The Labute approximate surface area is 209 Å². The number of ketones is 2. The van der Waals surface area contributed by atoms with Gasteiger partial charge in [-0.1, -0.05) is 50.3 Å². The van der Waals surface area contributed by atoms with Crippen LogP contribution in [-0.2, 0) is 9.59 Å². The summed E-state index contributed by atoms with van der Waals surface area (Å²) in [4.78, 5) is 26.0. The molecule has 4 aliphatic carbocycles. The fourth-order valence-electron chi connectivity index (χ4n) is 8.23. The van der Waals surface area contributed by atoms with E-state index in [0.717, 1.165) is 37.8 Å². The molecule has 0 spiro atoms. The van der Waals surface area contributed by atoms with Crippen LogP contribution >= 0.6 is 0 Å². The Bertz CT molecular complexity index is 1180. The van der Waals surface area contributed by atoms with Crippen LogP contribution in [0.5, 0.6) is 0 Å². The second-order valence-electron chi connectivity index (χ2n) is 11.4. The summed E-state index contributed by atoms with van der Waals surface area (Å²) in [5, 5.41) is 9.57. The summed E-state index contributed by atoms with van der Waals surface area (Å²) >= 11 is 0. The molecular weight excluding hydrogens is 434 g/mol. The molecule has 1 aromatic rings. The SMILES string of the molecule is CCC(=O)[C@@]1(C#CCO)CC[C@H]2[C@@H]3CC(C)C4=CC(=O)CCC4=C3[C@@H](c3ccc(N)cc3)C[C@@]21C. The van der Waals surface area contributed by atoms with E-state index in [2.05, 4.69) is 37.8 Å². The van der Waals surface area contributed by atoms with Crippen molar-refractivity contribution in [2.24, 2.45) is 28.6 Å². The van der Waals surface area contributed by atoms with Crippen LogP contribution in [0.3, 0.4) is 0 Å². The number of fused-ring (bicyclic) bond motifs is 4. The normalized spacial score (nSPS) is 35.9. The van der Waals surface area contributed by atoms with Crippen molar-refractivity contribution in [2.75, 3.05) is 12.3 Å². The number of anilines is 1. The van der Waals surface area contributed by atoms with Gasteiger partial charge in [0.1, 0.15) is 6.61 Å². The highest BCUT2D eigenvalue weighted by molar-refractivity contribution is 5.93. The first-order valence-corrected chi connectivity index (χ1v) is 13.2. The van der Waals surface area contributed by atoms with Gasteiger partial charge in [0, 0.05) is 24.4 Å². The number of rotatable bonds is 3. The second-order valence-corrected chi connectivity index (χ2v) is 11.4. The molecule has 2 fully saturated rings. The molecule has 2 saturated carbocycles. The Kier molecular flexibility index (Phi) is 6.04. The van der Waals surface area contributed by atoms with E-state index in [9.17, 15) is 14.7 Å². The van der Waals surface area contributed by atoms with E-state index in [1.807, 2.05) is 25.1 Å². The molecule has 0 saturated heterocycles. The fraction of sp³-hybridized carbons (Fsp3) is 0.548. The van der Waals surface area contributed by atoms with E-state index in [1.54, 1.807) is 0 Å². The highest BCUT2D eigenvalue weighted by Gasteiger charge is 2.65. The maximum Gasteiger partial charge on any atom is 0.156 e. The third kappa shape index (κ3) is 3.54. The molecule has 184 valence electrons. The average molecular weight is 472 g/mol. The Morgan fingerprint density at radius 1 is 1.23 bits per heavy atom. The maximum atomic E-state index is 13.6. The molecule has 3 N–H and O–H groups in total.